The van der Waals surface area contributed by atoms with Crippen molar-refractivity contribution in [3.8, 4) is 11.5 Å². The van der Waals surface area contributed by atoms with Crippen LogP contribution in [0.15, 0.2) is 16.5 Å². The summed E-state index contributed by atoms with van der Waals surface area (Å²) in [6, 6.07) is 2.64. The van der Waals surface area contributed by atoms with Gasteiger partial charge in [-0.3, -0.25) is 0 Å². The maximum absolute atomic E-state index is 13.7. The summed E-state index contributed by atoms with van der Waals surface area (Å²) in [7, 11) is 0. The molecular formula is C15H19F2N3O. The molecule has 0 radical (unpaired) electrons. The van der Waals surface area contributed by atoms with Crippen LogP contribution in [0, 0.1) is 18.6 Å². The van der Waals surface area contributed by atoms with Gasteiger partial charge in [0, 0.05) is 18.5 Å². The monoisotopic (exact) mass is 295 g/mol. The number of halogens is 2. The summed E-state index contributed by atoms with van der Waals surface area (Å²) in [6.07, 6.45) is 1.47. The number of hydrogen-bond acceptors (Lipinski definition) is 4. The maximum atomic E-state index is 13.7. The van der Waals surface area contributed by atoms with E-state index in [1.54, 1.807) is 6.92 Å². The Hall–Kier alpha value is -1.82. The second kappa shape index (κ2) is 6.76. The fourth-order valence-corrected chi connectivity index (χ4v) is 1.91. The van der Waals surface area contributed by atoms with Crippen molar-refractivity contribution in [1.29, 1.82) is 0 Å². The highest BCUT2D eigenvalue weighted by atomic mass is 19.1. The van der Waals surface area contributed by atoms with E-state index in [0.29, 0.717) is 23.9 Å². The van der Waals surface area contributed by atoms with Crippen molar-refractivity contribution in [1.82, 2.24) is 15.5 Å². The third-order valence-electron chi connectivity index (χ3n) is 3.07. The fraction of sp³-hybridized carbons (Fsp3) is 0.467. The smallest absolute Gasteiger partial charge is 0.250 e. The Morgan fingerprint density at radius 3 is 2.67 bits per heavy atom. The van der Waals surface area contributed by atoms with Crippen molar-refractivity contribution >= 4 is 0 Å². The minimum atomic E-state index is -0.699. The molecule has 0 aliphatic heterocycles. The Balaban J connectivity index is 2.04. The molecule has 2 rings (SSSR count). The van der Waals surface area contributed by atoms with Crippen molar-refractivity contribution in [2.24, 2.45) is 0 Å². The third kappa shape index (κ3) is 4.07. The molecule has 0 saturated carbocycles. The summed E-state index contributed by atoms with van der Waals surface area (Å²) in [4.78, 5) is 0. The lowest BCUT2D eigenvalue weighted by Gasteiger charge is -2.05. The van der Waals surface area contributed by atoms with E-state index in [0.717, 1.165) is 19.0 Å². The molecule has 0 aliphatic carbocycles. The van der Waals surface area contributed by atoms with Gasteiger partial charge in [0.25, 0.3) is 5.89 Å². The Bertz CT molecular complexity index is 611. The topological polar surface area (TPSA) is 51.0 Å². The minimum Gasteiger partial charge on any atom is -0.421 e. The van der Waals surface area contributed by atoms with E-state index in [-0.39, 0.29) is 11.5 Å². The number of benzene rings is 1. The molecule has 21 heavy (non-hydrogen) atoms. The molecule has 0 amide bonds. The number of nitrogens with one attached hydrogen (secondary N) is 1. The van der Waals surface area contributed by atoms with Crippen molar-refractivity contribution in [3.05, 3.63) is 35.2 Å². The quantitative estimate of drug-likeness (QED) is 0.831. The van der Waals surface area contributed by atoms with Crippen LogP contribution in [0.3, 0.4) is 0 Å². The molecule has 0 bridgehead atoms. The lowest BCUT2D eigenvalue weighted by molar-refractivity contribution is 0.480. The minimum absolute atomic E-state index is 0.0856. The first-order valence-electron chi connectivity index (χ1n) is 6.99. The largest absolute Gasteiger partial charge is 0.421 e. The predicted molar refractivity (Wildman–Crippen MR) is 75.8 cm³/mol. The average Bonchev–Trinajstić information content (AvgIpc) is 2.87. The second-order valence-electron chi connectivity index (χ2n) is 5.29. The molecule has 0 aliphatic rings. The zero-order valence-electron chi connectivity index (χ0n) is 12.4. The first-order valence-corrected chi connectivity index (χ1v) is 6.99. The fourth-order valence-electron chi connectivity index (χ4n) is 1.91. The van der Waals surface area contributed by atoms with Crippen LogP contribution < -0.4 is 5.32 Å². The van der Waals surface area contributed by atoms with E-state index in [1.165, 1.54) is 6.07 Å². The molecule has 6 heteroatoms. The van der Waals surface area contributed by atoms with E-state index in [2.05, 4.69) is 29.4 Å². The average molecular weight is 295 g/mol. The summed E-state index contributed by atoms with van der Waals surface area (Å²) in [6.45, 7) is 6.56. The summed E-state index contributed by atoms with van der Waals surface area (Å²) < 4.78 is 32.4. The SMILES string of the molecule is Cc1cc(-c2nnc(CCCNC(C)C)o2)c(F)cc1F. The van der Waals surface area contributed by atoms with Gasteiger partial charge >= 0.3 is 0 Å². The van der Waals surface area contributed by atoms with Crippen molar-refractivity contribution in [3.63, 3.8) is 0 Å². The molecule has 1 heterocycles. The molecule has 1 aromatic carbocycles. The predicted octanol–water partition coefficient (Wildman–Crippen LogP) is 3.25. The molecular weight excluding hydrogens is 276 g/mol. The number of hydrogen-bond donors (Lipinski definition) is 1. The Morgan fingerprint density at radius 1 is 1.19 bits per heavy atom. The highest BCUT2D eigenvalue weighted by Gasteiger charge is 2.15. The van der Waals surface area contributed by atoms with Gasteiger partial charge in [0.15, 0.2) is 0 Å². The molecule has 114 valence electrons. The van der Waals surface area contributed by atoms with Gasteiger partial charge < -0.3 is 9.73 Å². The van der Waals surface area contributed by atoms with E-state index >= 15 is 0 Å². The summed E-state index contributed by atoms with van der Waals surface area (Å²) in [5.41, 5.74) is 0.472. The lowest BCUT2D eigenvalue weighted by Crippen LogP contribution is -2.23. The molecule has 0 atom stereocenters. The van der Waals surface area contributed by atoms with Gasteiger partial charge in [-0.05, 0) is 31.5 Å². The van der Waals surface area contributed by atoms with Crippen molar-refractivity contribution < 1.29 is 13.2 Å². The molecule has 4 nitrogen and oxygen atoms in total. The highest BCUT2D eigenvalue weighted by Crippen LogP contribution is 2.24. The molecule has 0 spiro atoms. The molecule has 1 aromatic heterocycles. The van der Waals surface area contributed by atoms with Crippen LogP contribution in [0.25, 0.3) is 11.5 Å². The van der Waals surface area contributed by atoms with E-state index in [9.17, 15) is 8.78 Å². The van der Waals surface area contributed by atoms with Gasteiger partial charge in [-0.15, -0.1) is 10.2 Å². The maximum Gasteiger partial charge on any atom is 0.250 e. The number of rotatable bonds is 6. The van der Waals surface area contributed by atoms with Crippen LogP contribution in [-0.2, 0) is 6.42 Å². The number of nitrogens with zero attached hydrogens (tertiary/aromatic N) is 2. The molecule has 0 unspecified atom stereocenters. The first-order chi connectivity index (χ1) is 9.97. The van der Waals surface area contributed by atoms with E-state index < -0.39 is 11.6 Å². The van der Waals surface area contributed by atoms with Crippen LogP contribution in [0.4, 0.5) is 8.78 Å². The van der Waals surface area contributed by atoms with Crippen LogP contribution in [-0.4, -0.2) is 22.8 Å². The standard InChI is InChI=1S/C15H19F2N3O/c1-9(2)18-6-4-5-14-19-20-15(21-14)11-7-10(3)12(16)8-13(11)17/h7-9,18H,4-6H2,1-3H3. The normalized spacial score (nSPS) is 11.3. The van der Waals surface area contributed by atoms with Crippen LogP contribution in [0.5, 0.6) is 0 Å². The van der Waals surface area contributed by atoms with Gasteiger partial charge in [-0.1, -0.05) is 13.8 Å². The molecule has 2 aromatic rings. The zero-order valence-corrected chi connectivity index (χ0v) is 12.4. The Labute approximate surface area is 122 Å². The number of aromatic nitrogens is 2. The van der Waals surface area contributed by atoms with Crippen LogP contribution >= 0.6 is 0 Å². The Kier molecular flexibility index (Phi) is 5.01. The van der Waals surface area contributed by atoms with Crippen molar-refractivity contribution in [2.75, 3.05) is 6.54 Å². The lowest BCUT2D eigenvalue weighted by atomic mass is 10.1. The van der Waals surface area contributed by atoms with E-state index in [1.807, 2.05) is 0 Å². The van der Waals surface area contributed by atoms with Crippen molar-refractivity contribution in [2.45, 2.75) is 39.7 Å². The van der Waals surface area contributed by atoms with Crippen LogP contribution in [0.2, 0.25) is 0 Å². The summed E-state index contributed by atoms with van der Waals surface area (Å²) in [5.74, 6) is -0.745. The second-order valence-corrected chi connectivity index (χ2v) is 5.29. The van der Waals surface area contributed by atoms with E-state index in [4.69, 9.17) is 4.42 Å². The number of aryl methyl sites for hydroxylation is 2. The molecule has 1 N–H and O–H groups in total. The highest BCUT2D eigenvalue weighted by molar-refractivity contribution is 5.55. The van der Waals surface area contributed by atoms with Crippen LogP contribution in [0.1, 0.15) is 31.7 Å². The molecule has 0 saturated heterocycles. The third-order valence-corrected chi connectivity index (χ3v) is 3.07. The van der Waals surface area contributed by atoms with Gasteiger partial charge in [0.1, 0.15) is 11.6 Å². The summed E-state index contributed by atoms with van der Waals surface area (Å²) >= 11 is 0. The Morgan fingerprint density at radius 2 is 1.95 bits per heavy atom. The van der Waals surface area contributed by atoms with Gasteiger partial charge in [-0.2, -0.15) is 0 Å². The van der Waals surface area contributed by atoms with Gasteiger partial charge in [0.2, 0.25) is 5.89 Å². The van der Waals surface area contributed by atoms with Gasteiger partial charge in [0.05, 0.1) is 5.56 Å². The zero-order chi connectivity index (χ0) is 15.4. The summed E-state index contributed by atoms with van der Waals surface area (Å²) in [5, 5.41) is 11.0. The van der Waals surface area contributed by atoms with Gasteiger partial charge in [-0.25, -0.2) is 8.78 Å². The molecule has 0 fully saturated rings. The first kappa shape index (κ1) is 15.6.